The molecule has 0 aromatic carbocycles. The van der Waals surface area contributed by atoms with Crippen molar-refractivity contribution in [3.8, 4) is 5.75 Å². The zero-order chi connectivity index (χ0) is 25.3. The summed E-state index contributed by atoms with van der Waals surface area (Å²) in [6.07, 6.45) is 5.72. The lowest BCUT2D eigenvalue weighted by atomic mass is 10.2. The summed E-state index contributed by atoms with van der Waals surface area (Å²) in [6.45, 7) is -2.73. The van der Waals surface area contributed by atoms with Gasteiger partial charge in [-0.3, -0.25) is 9.59 Å². The fourth-order valence-electron chi connectivity index (χ4n) is 3.21. The van der Waals surface area contributed by atoms with Gasteiger partial charge >= 0.3 is 5.97 Å². The van der Waals surface area contributed by atoms with Crippen molar-refractivity contribution in [3.63, 3.8) is 0 Å². The van der Waals surface area contributed by atoms with E-state index in [1.54, 1.807) is 0 Å². The zero-order valence-corrected chi connectivity index (χ0v) is 17.3. The summed E-state index contributed by atoms with van der Waals surface area (Å²) >= 11 is 0. The molecule has 1 fully saturated rings. The number of nitrogens with zero attached hydrogens (tertiary/aromatic N) is 3. The normalized spacial score (nSPS) is 14.6. The van der Waals surface area contributed by atoms with E-state index in [-0.39, 0.29) is 40.2 Å². The number of hydrogen-bond donors (Lipinski definition) is 3. The number of pyridine rings is 2. The number of carbonyl (C=O) groups is 3. The van der Waals surface area contributed by atoms with E-state index in [1.807, 2.05) is 5.32 Å². The second-order valence-electron chi connectivity index (χ2n) is 7.06. The molecule has 3 aromatic rings. The van der Waals surface area contributed by atoms with Gasteiger partial charge in [0, 0.05) is 35.5 Å². The van der Waals surface area contributed by atoms with Crippen molar-refractivity contribution >= 4 is 40.5 Å². The van der Waals surface area contributed by atoms with Gasteiger partial charge in [-0.1, -0.05) is 0 Å². The Morgan fingerprint density at radius 3 is 2.69 bits per heavy atom. The highest BCUT2D eigenvalue weighted by atomic mass is 16.5. The van der Waals surface area contributed by atoms with E-state index in [4.69, 9.17) is 13.6 Å². The number of carbonyl (C=O) groups excluding carboxylic acids is 3. The van der Waals surface area contributed by atoms with Gasteiger partial charge in [-0.25, -0.2) is 14.3 Å². The number of ether oxygens (including phenoxy) is 2. The third-order valence-electron chi connectivity index (χ3n) is 4.98. The molecule has 11 heteroatoms. The van der Waals surface area contributed by atoms with E-state index in [0.717, 1.165) is 19.0 Å². The maximum Gasteiger partial charge on any atom is 0.341 e. The number of fused-ring (bicyclic) bond motifs is 1. The van der Waals surface area contributed by atoms with Crippen LogP contribution in [0.15, 0.2) is 30.7 Å². The SMILES string of the molecule is [2H]C([2H])([2H])NC(=O)c1cnc(NC(=O)C2CC2)cc1Nc1cnn2ccc(C(=O)OC)c(OC)c12. The van der Waals surface area contributed by atoms with Crippen molar-refractivity contribution in [2.75, 3.05) is 31.8 Å². The monoisotopic (exact) mass is 441 g/mol. The molecule has 3 N–H and O–H groups in total. The second-order valence-corrected chi connectivity index (χ2v) is 7.06. The van der Waals surface area contributed by atoms with E-state index < -0.39 is 18.9 Å². The van der Waals surface area contributed by atoms with Gasteiger partial charge in [0.2, 0.25) is 5.91 Å². The Balaban J connectivity index is 1.77. The number of nitrogens with one attached hydrogen (secondary N) is 3. The number of aromatic nitrogens is 3. The highest BCUT2D eigenvalue weighted by Crippen LogP contribution is 2.34. The lowest BCUT2D eigenvalue weighted by Crippen LogP contribution is -2.20. The fraction of sp³-hybridized carbons (Fsp3) is 0.286. The van der Waals surface area contributed by atoms with Crippen LogP contribution in [0.3, 0.4) is 0 Å². The van der Waals surface area contributed by atoms with Crippen LogP contribution in [-0.4, -0.2) is 53.6 Å². The van der Waals surface area contributed by atoms with Crippen LogP contribution in [0.4, 0.5) is 17.2 Å². The molecule has 0 spiro atoms. The fourth-order valence-corrected chi connectivity index (χ4v) is 3.21. The van der Waals surface area contributed by atoms with Gasteiger partial charge in [-0.2, -0.15) is 5.10 Å². The molecule has 0 aliphatic heterocycles. The van der Waals surface area contributed by atoms with Crippen molar-refractivity contribution in [3.05, 3.63) is 41.9 Å². The van der Waals surface area contributed by atoms with E-state index in [2.05, 4.69) is 20.7 Å². The van der Waals surface area contributed by atoms with Crippen LogP contribution in [0.5, 0.6) is 5.75 Å². The van der Waals surface area contributed by atoms with Crippen LogP contribution < -0.4 is 20.7 Å². The highest BCUT2D eigenvalue weighted by molar-refractivity contribution is 6.03. The molecule has 1 aliphatic carbocycles. The average molecular weight is 441 g/mol. The van der Waals surface area contributed by atoms with Crippen LogP contribution in [-0.2, 0) is 9.53 Å². The van der Waals surface area contributed by atoms with Crippen molar-refractivity contribution < 1.29 is 28.0 Å². The molecule has 0 saturated heterocycles. The summed E-state index contributed by atoms with van der Waals surface area (Å²) in [6, 6.07) is 2.90. The number of rotatable bonds is 7. The minimum Gasteiger partial charge on any atom is -0.493 e. The number of hydrogen-bond acceptors (Lipinski definition) is 8. The van der Waals surface area contributed by atoms with Gasteiger partial charge in [0.25, 0.3) is 5.91 Å². The van der Waals surface area contributed by atoms with Crippen LogP contribution in [0, 0.1) is 5.92 Å². The summed E-state index contributed by atoms with van der Waals surface area (Å²) in [5, 5.41) is 11.9. The lowest BCUT2D eigenvalue weighted by Gasteiger charge is -2.14. The molecule has 1 aliphatic rings. The predicted molar refractivity (Wildman–Crippen MR) is 115 cm³/mol. The Kier molecular flexibility index (Phi) is 4.67. The minimum absolute atomic E-state index is 0.0765. The van der Waals surface area contributed by atoms with Crippen LogP contribution in [0.1, 0.15) is 37.7 Å². The van der Waals surface area contributed by atoms with Gasteiger partial charge in [-0.15, -0.1) is 0 Å². The number of amides is 2. The Hall–Kier alpha value is -4.15. The van der Waals surface area contributed by atoms with Crippen molar-refractivity contribution in [1.82, 2.24) is 19.9 Å². The Morgan fingerprint density at radius 2 is 2.00 bits per heavy atom. The smallest absolute Gasteiger partial charge is 0.341 e. The molecule has 0 bridgehead atoms. The average Bonchev–Trinajstić information content (AvgIpc) is 3.58. The zero-order valence-electron chi connectivity index (χ0n) is 20.3. The molecule has 3 aromatic heterocycles. The van der Waals surface area contributed by atoms with Crippen LogP contribution in [0.2, 0.25) is 0 Å². The molecule has 3 heterocycles. The van der Waals surface area contributed by atoms with Crippen LogP contribution in [0.25, 0.3) is 5.52 Å². The molecule has 166 valence electrons. The Morgan fingerprint density at radius 1 is 1.19 bits per heavy atom. The number of methoxy groups -OCH3 is 2. The summed E-state index contributed by atoms with van der Waals surface area (Å²) in [7, 11) is 2.62. The maximum atomic E-state index is 12.7. The van der Waals surface area contributed by atoms with Crippen molar-refractivity contribution in [2.45, 2.75) is 12.8 Å². The molecule has 2 amide bonds. The molecule has 11 nitrogen and oxygen atoms in total. The van der Waals surface area contributed by atoms with E-state index in [9.17, 15) is 14.4 Å². The summed E-state index contributed by atoms with van der Waals surface area (Å²) in [5.41, 5.74) is 0.902. The molecule has 32 heavy (non-hydrogen) atoms. The minimum atomic E-state index is -2.73. The predicted octanol–water partition coefficient (Wildman–Crippen LogP) is 1.98. The summed E-state index contributed by atoms with van der Waals surface area (Å²) in [4.78, 5) is 41.2. The standard InChI is InChI=1S/C21H22N6O5/c1-22-20(29)13-9-23-16(26-19(28)11-4-5-11)8-14(13)25-15-10-24-27-7-6-12(21(30)32-3)18(31-2)17(15)27/h6-11H,4-5H2,1-3H3,(H,22,29)(H2,23,25,26,28)/i1D3. The van der Waals surface area contributed by atoms with Gasteiger partial charge in [-0.05, 0) is 18.9 Å². The van der Waals surface area contributed by atoms with Crippen molar-refractivity contribution in [1.29, 1.82) is 0 Å². The first kappa shape index (κ1) is 17.5. The number of esters is 1. The Labute approximate surface area is 187 Å². The van der Waals surface area contributed by atoms with E-state index in [0.29, 0.717) is 11.2 Å². The maximum absolute atomic E-state index is 12.7. The molecule has 1 saturated carbocycles. The third-order valence-corrected chi connectivity index (χ3v) is 4.98. The molecule has 0 unspecified atom stereocenters. The van der Waals surface area contributed by atoms with Crippen molar-refractivity contribution in [2.24, 2.45) is 5.92 Å². The van der Waals surface area contributed by atoms with E-state index in [1.165, 1.54) is 43.3 Å². The number of anilines is 3. The van der Waals surface area contributed by atoms with Gasteiger partial charge in [0.15, 0.2) is 5.75 Å². The largest absolute Gasteiger partial charge is 0.493 e. The summed E-state index contributed by atoms with van der Waals surface area (Å²) in [5.74, 6) is -1.45. The molecular weight excluding hydrogens is 416 g/mol. The van der Waals surface area contributed by atoms with Gasteiger partial charge in [0.1, 0.15) is 16.9 Å². The van der Waals surface area contributed by atoms with Crippen LogP contribution >= 0.6 is 0 Å². The molecule has 0 radical (unpaired) electrons. The Bertz CT molecular complexity index is 1320. The lowest BCUT2D eigenvalue weighted by molar-refractivity contribution is -0.117. The summed E-state index contributed by atoms with van der Waals surface area (Å²) < 4.78 is 33.7. The highest BCUT2D eigenvalue weighted by Gasteiger charge is 2.30. The first-order valence-electron chi connectivity index (χ1n) is 11.1. The molecular formula is C21H22N6O5. The molecule has 4 rings (SSSR count). The second kappa shape index (κ2) is 8.53. The van der Waals surface area contributed by atoms with Gasteiger partial charge < -0.3 is 25.4 Å². The third kappa shape index (κ3) is 3.92. The van der Waals surface area contributed by atoms with E-state index >= 15 is 0 Å². The molecule has 0 atom stereocenters. The van der Waals surface area contributed by atoms with Gasteiger partial charge in [0.05, 0.1) is 37.4 Å². The quantitative estimate of drug-likeness (QED) is 0.474. The topological polar surface area (TPSA) is 136 Å². The first-order valence-corrected chi connectivity index (χ1v) is 9.64. The first-order chi connectivity index (χ1) is 16.6.